The Morgan fingerprint density at radius 2 is 2.18 bits per heavy atom. The number of benzene rings is 1. The van der Waals surface area contributed by atoms with E-state index in [-0.39, 0.29) is 11.7 Å². The molecule has 1 aromatic rings. The standard InChI is InChI=1S/C13H14BrNO2/c1-8-6-10(11(16)4-5-14)7-9-2-3-12(17)15-13(8)9/h6-7H,2-5H2,1H3,(H,15,17). The Kier molecular flexibility index (Phi) is 3.62. The number of Topliss-reactive ketones (excluding diaryl/α,β-unsaturated/α-hetero) is 1. The molecule has 90 valence electrons. The van der Waals surface area contributed by atoms with Crippen LogP contribution < -0.4 is 5.32 Å². The molecule has 0 bridgehead atoms. The summed E-state index contributed by atoms with van der Waals surface area (Å²) in [5.41, 5.74) is 3.67. The molecule has 0 saturated heterocycles. The van der Waals surface area contributed by atoms with Crippen LogP contribution in [-0.2, 0) is 11.2 Å². The van der Waals surface area contributed by atoms with E-state index in [1.165, 1.54) is 0 Å². The Hall–Kier alpha value is -1.16. The average molecular weight is 296 g/mol. The highest BCUT2D eigenvalue weighted by atomic mass is 79.9. The Bertz CT molecular complexity index is 483. The van der Waals surface area contributed by atoms with Crippen molar-refractivity contribution in [1.82, 2.24) is 0 Å². The van der Waals surface area contributed by atoms with Crippen molar-refractivity contribution >= 4 is 33.3 Å². The summed E-state index contributed by atoms with van der Waals surface area (Å²) in [5, 5.41) is 3.55. The first-order valence-corrected chi connectivity index (χ1v) is 6.76. The molecule has 1 aliphatic heterocycles. The third-order valence-electron chi connectivity index (χ3n) is 2.95. The van der Waals surface area contributed by atoms with Gasteiger partial charge in [0.1, 0.15) is 0 Å². The second kappa shape index (κ2) is 5.00. The van der Waals surface area contributed by atoms with Crippen molar-refractivity contribution in [2.45, 2.75) is 26.2 Å². The van der Waals surface area contributed by atoms with Crippen LogP contribution in [0.3, 0.4) is 0 Å². The fourth-order valence-electron chi connectivity index (χ4n) is 2.08. The summed E-state index contributed by atoms with van der Waals surface area (Å²) in [6.07, 6.45) is 1.73. The average Bonchev–Trinajstić information content (AvgIpc) is 2.30. The number of rotatable bonds is 3. The first kappa shape index (κ1) is 12.3. The van der Waals surface area contributed by atoms with Gasteiger partial charge >= 0.3 is 0 Å². The van der Waals surface area contributed by atoms with Crippen LogP contribution in [0.25, 0.3) is 0 Å². The van der Waals surface area contributed by atoms with Gasteiger partial charge in [0.15, 0.2) is 5.78 Å². The number of halogens is 1. The second-order valence-electron chi connectivity index (χ2n) is 4.24. The molecule has 17 heavy (non-hydrogen) atoms. The summed E-state index contributed by atoms with van der Waals surface area (Å²) in [4.78, 5) is 23.1. The molecule has 0 radical (unpaired) electrons. The van der Waals surface area contributed by atoms with Crippen LogP contribution in [0, 0.1) is 6.92 Å². The van der Waals surface area contributed by atoms with Crippen LogP contribution in [-0.4, -0.2) is 17.0 Å². The minimum Gasteiger partial charge on any atom is -0.326 e. The van der Waals surface area contributed by atoms with Gasteiger partial charge in [0.2, 0.25) is 5.91 Å². The summed E-state index contributed by atoms with van der Waals surface area (Å²) in [6.45, 7) is 1.93. The van der Waals surface area contributed by atoms with Crippen LogP contribution in [0.2, 0.25) is 0 Å². The van der Waals surface area contributed by atoms with Gasteiger partial charge in [-0.25, -0.2) is 0 Å². The molecule has 2 rings (SSSR count). The van der Waals surface area contributed by atoms with Crippen molar-refractivity contribution in [2.75, 3.05) is 10.6 Å². The minimum atomic E-state index is 0.0557. The normalized spacial score (nSPS) is 14.1. The van der Waals surface area contributed by atoms with E-state index in [9.17, 15) is 9.59 Å². The minimum absolute atomic E-state index is 0.0557. The molecule has 0 fully saturated rings. The Balaban J connectivity index is 2.37. The van der Waals surface area contributed by atoms with E-state index in [4.69, 9.17) is 0 Å². The first-order valence-electron chi connectivity index (χ1n) is 5.64. The zero-order valence-corrected chi connectivity index (χ0v) is 11.3. The molecule has 1 heterocycles. The van der Waals surface area contributed by atoms with Gasteiger partial charge in [-0.15, -0.1) is 0 Å². The molecule has 0 aromatic heterocycles. The van der Waals surface area contributed by atoms with Gasteiger partial charge in [-0.05, 0) is 36.6 Å². The number of hydrogen-bond donors (Lipinski definition) is 1. The van der Waals surface area contributed by atoms with Gasteiger partial charge in [0.05, 0.1) is 0 Å². The molecule has 0 atom stereocenters. The Labute approximate surface area is 109 Å². The summed E-state index contributed by atoms with van der Waals surface area (Å²) >= 11 is 3.27. The van der Waals surface area contributed by atoms with Gasteiger partial charge in [0.25, 0.3) is 0 Å². The fourth-order valence-corrected chi connectivity index (χ4v) is 2.44. The number of amides is 1. The van der Waals surface area contributed by atoms with E-state index in [0.717, 1.165) is 28.8 Å². The smallest absolute Gasteiger partial charge is 0.224 e. The maximum atomic E-state index is 11.8. The lowest BCUT2D eigenvalue weighted by Crippen LogP contribution is -2.20. The molecule has 1 N–H and O–H groups in total. The number of aryl methyl sites for hydroxylation is 2. The van der Waals surface area contributed by atoms with Crippen molar-refractivity contribution in [3.05, 3.63) is 28.8 Å². The predicted molar refractivity (Wildman–Crippen MR) is 70.9 cm³/mol. The highest BCUT2D eigenvalue weighted by Gasteiger charge is 2.18. The van der Waals surface area contributed by atoms with E-state index < -0.39 is 0 Å². The topological polar surface area (TPSA) is 46.2 Å². The number of carbonyl (C=O) groups is 2. The number of fused-ring (bicyclic) bond motifs is 1. The van der Waals surface area contributed by atoms with Crippen molar-refractivity contribution in [3.8, 4) is 0 Å². The van der Waals surface area contributed by atoms with Crippen molar-refractivity contribution in [2.24, 2.45) is 0 Å². The largest absolute Gasteiger partial charge is 0.326 e. The highest BCUT2D eigenvalue weighted by Crippen LogP contribution is 2.28. The van der Waals surface area contributed by atoms with Crippen molar-refractivity contribution in [3.63, 3.8) is 0 Å². The van der Waals surface area contributed by atoms with E-state index in [1.807, 2.05) is 19.1 Å². The monoisotopic (exact) mass is 295 g/mol. The molecule has 0 spiro atoms. The molecule has 0 aliphatic carbocycles. The summed E-state index contributed by atoms with van der Waals surface area (Å²) in [7, 11) is 0. The van der Waals surface area contributed by atoms with E-state index in [1.54, 1.807) is 0 Å². The molecule has 0 saturated carbocycles. The quantitative estimate of drug-likeness (QED) is 0.688. The van der Waals surface area contributed by atoms with Gasteiger partial charge < -0.3 is 5.32 Å². The molecular weight excluding hydrogens is 282 g/mol. The molecule has 0 unspecified atom stereocenters. The number of alkyl halides is 1. The van der Waals surface area contributed by atoms with Crippen LogP contribution in [0.4, 0.5) is 5.69 Å². The molecule has 4 heteroatoms. The van der Waals surface area contributed by atoms with E-state index >= 15 is 0 Å². The molecule has 1 amide bonds. The van der Waals surface area contributed by atoms with Crippen LogP contribution in [0.15, 0.2) is 12.1 Å². The number of anilines is 1. The fraction of sp³-hybridized carbons (Fsp3) is 0.385. The van der Waals surface area contributed by atoms with Gasteiger partial charge in [-0.3, -0.25) is 9.59 Å². The van der Waals surface area contributed by atoms with E-state index in [2.05, 4.69) is 21.2 Å². The van der Waals surface area contributed by atoms with Gasteiger partial charge in [-0.1, -0.05) is 15.9 Å². The lowest BCUT2D eigenvalue weighted by molar-refractivity contribution is -0.116. The summed E-state index contributed by atoms with van der Waals surface area (Å²) in [5.74, 6) is 0.199. The number of carbonyl (C=O) groups excluding carboxylic acids is 2. The number of hydrogen-bond acceptors (Lipinski definition) is 2. The second-order valence-corrected chi connectivity index (χ2v) is 5.03. The molecule has 1 aromatic carbocycles. The molecular formula is C13H14BrNO2. The highest BCUT2D eigenvalue weighted by molar-refractivity contribution is 9.09. The SMILES string of the molecule is Cc1cc(C(=O)CCBr)cc2c1NC(=O)CC2. The lowest BCUT2D eigenvalue weighted by atomic mass is 9.95. The zero-order valence-electron chi connectivity index (χ0n) is 9.68. The first-order chi connectivity index (χ1) is 8.11. The maximum Gasteiger partial charge on any atom is 0.224 e. The van der Waals surface area contributed by atoms with Crippen LogP contribution in [0.1, 0.15) is 34.3 Å². The zero-order chi connectivity index (χ0) is 12.4. The third-order valence-corrected chi connectivity index (χ3v) is 3.34. The van der Waals surface area contributed by atoms with Gasteiger partial charge in [0, 0.05) is 29.4 Å². The Morgan fingerprint density at radius 3 is 2.88 bits per heavy atom. The van der Waals surface area contributed by atoms with Crippen LogP contribution in [0.5, 0.6) is 0 Å². The Morgan fingerprint density at radius 1 is 1.41 bits per heavy atom. The lowest BCUT2D eigenvalue weighted by Gasteiger charge is -2.20. The van der Waals surface area contributed by atoms with Gasteiger partial charge in [-0.2, -0.15) is 0 Å². The third kappa shape index (κ3) is 2.57. The van der Waals surface area contributed by atoms with Crippen molar-refractivity contribution < 1.29 is 9.59 Å². The summed E-state index contributed by atoms with van der Waals surface area (Å²) in [6, 6.07) is 3.77. The maximum absolute atomic E-state index is 11.8. The summed E-state index contributed by atoms with van der Waals surface area (Å²) < 4.78 is 0. The number of nitrogens with one attached hydrogen (secondary N) is 1. The molecule has 3 nitrogen and oxygen atoms in total. The van der Waals surface area contributed by atoms with Crippen LogP contribution >= 0.6 is 15.9 Å². The number of ketones is 1. The molecule has 1 aliphatic rings. The van der Waals surface area contributed by atoms with E-state index in [0.29, 0.717) is 18.2 Å². The van der Waals surface area contributed by atoms with Crippen molar-refractivity contribution in [1.29, 1.82) is 0 Å². The predicted octanol–water partition coefficient (Wildman–Crippen LogP) is 2.85.